The van der Waals surface area contributed by atoms with Crippen LogP contribution in [-0.2, 0) is 4.79 Å². The van der Waals surface area contributed by atoms with Crippen molar-refractivity contribution in [2.24, 2.45) is 0 Å². The van der Waals surface area contributed by atoms with E-state index in [1.807, 2.05) is 13.0 Å². The number of hydrogen-bond acceptors (Lipinski definition) is 4. The fourth-order valence-electron chi connectivity index (χ4n) is 1.83. The van der Waals surface area contributed by atoms with Crippen LogP contribution in [-0.4, -0.2) is 24.5 Å². The Bertz CT molecular complexity index is 637. The summed E-state index contributed by atoms with van der Waals surface area (Å²) in [6.07, 6.45) is 1.40. The Morgan fingerprint density at radius 3 is 2.68 bits per heavy atom. The van der Waals surface area contributed by atoms with Gasteiger partial charge in [-0.1, -0.05) is 12.1 Å². The average Bonchev–Trinajstić information content (AvgIpc) is 3.03. The number of amides is 2. The molecule has 1 aromatic carbocycles. The van der Waals surface area contributed by atoms with Gasteiger partial charge >= 0.3 is 0 Å². The van der Waals surface area contributed by atoms with Gasteiger partial charge in [-0.15, -0.1) is 0 Å². The summed E-state index contributed by atoms with van der Waals surface area (Å²) in [5.41, 5.74) is 0.563. The van der Waals surface area contributed by atoms with E-state index in [1.54, 1.807) is 31.2 Å². The lowest BCUT2D eigenvalue weighted by Gasteiger charge is -2.15. The average molecular weight is 302 g/mol. The fraction of sp³-hybridized carbons (Fsp3) is 0.250. The SMILES string of the molecule is CCOc1ccccc1NC(=O)C(C)NC(=O)c1ccco1. The van der Waals surface area contributed by atoms with Crippen LogP contribution < -0.4 is 15.4 Å². The summed E-state index contributed by atoms with van der Waals surface area (Å²) < 4.78 is 10.4. The normalized spacial score (nSPS) is 11.5. The Hall–Kier alpha value is -2.76. The zero-order valence-electron chi connectivity index (χ0n) is 12.5. The number of nitrogens with one attached hydrogen (secondary N) is 2. The molecule has 6 nitrogen and oxygen atoms in total. The molecule has 22 heavy (non-hydrogen) atoms. The fourth-order valence-corrected chi connectivity index (χ4v) is 1.83. The van der Waals surface area contributed by atoms with Crippen molar-refractivity contribution in [3.63, 3.8) is 0 Å². The molecule has 2 N–H and O–H groups in total. The van der Waals surface area contributed by atoms with Gasteiger partial charge in [-0.25, -0.2) is 0 Å². The molecular weight excluding hydrogens is 284 g/mol. The Morgan fingerprint density at radius 1 is 1.23 bits per heavy atom. The second kappa shape index (κ2) is 7.31. The quantitative estimate of drug-likeness (QED) is 0.859. The first-order chi connectivity index (χ1) is 10.6. The molecule has 0 saturated carbocycles. The molecule has 0 bridgehead atoms. The number of ether oxygens (including phenoxy) is 1. The molecule has 0 radical (unpaired) electrons. The van der Waals surface area contributed by atoms with Crippen LogP contribution in [0.2, 0.25) is 0 Å². The number of carbonyl (C=O) groups is 2. The minimum Gasteiger partial charge on any atom is -0.492 e. The van der Waals surface area contributed by atoms with Crippen molar-refractivity contribution in [3.8, 4) is 5.75 Å². The molecule has 1 heterocycles. The van der Waals surface area contributed by atoms with Gasteiger partial charge in [-0.3, -0.25) is 9.59 Å². The van der Waals surface area contributed by atoms with Crippen LogP contribution in [0.4, 0.5) is 5.69 Å². The van der Waals surface area contributed by atoms with E-state index in [2.05, 4.69) is 10.6 Å². The first kappa shape index (κ1) is 15.6. The monoisotopic (exact) mass is 302 g/mol. The van der Waals surface area contributed by atoms with Crippen molar-refractivity contribution in [3.05, 3.63) is 48.4 Å². The topological polar surface area (TPSA) is 80.6 Å². The van der Waals surface area contributed by atoms with E-state index in [0.29, 0.717) is 18.0 Å². The molecule has 116 valence electrons. The van der Waals surface area contributed by atoms with Crippen LogP contribution in [0, 0.1) is 0 Å². The van der Waals surface area contributed by atoms with E-state index < -0.39 is 11.9 Å². The van der Waals surface area contributed by atoms with Gasteiger partial charge in [0, 0.05) is 0 Å². The lowest BCUT2D eigenvalue weighted by Crippen LogP contribution is -2.41. The van der Waals surface area contributed by atoms with Crippen LogP contribution >= 0.6 is 0 Å². The maximum atomic E-state index is 12.2. The number of benzene rings is 1. The predicted octanol–water partition coefficient (Wildman–Crippen LogP) is 2.44. The predicted molar refractivity (Wildman–Crippen MR) is 81.9 cm³/mol. The molecule has 0 aliphatic rings. The molecule has 2 amide bonds. The van der Waals surface area contributed by atoms with Gasteiger partial charge in [0.2, 0.25) is 5.91 Å². The molecule has 6 heteroatoms. The highest BCUT2D eigenvalue weighted by Crippen LogP contribution is 2.23. The van der Waals surface area contributed by atoms with Crippen LogP contribution in [0.1, 0.15) is 24.4 Å². The van der Waals surface area contributed by atoms with Crippen molar-refractivity contribution in [2.75, 3.05) is 11.9 Å². The van der Waals surface area contributed by atoms with E-state index in [9.17, 15) is 9.59 Å². The second-order valence-corrected chi connectivity index (χ2v) is 4.59. The minimum absolute atomic E-state index is 0.161. The third-order valence-corrected chi connectivity index (χ3v) is 2.93. The number of rotatable bonds is 6. The van der Waals surface area contributed by atoms with E-state index in [0.717, 1.165) is 0 Å². The van der Waals surface area contributed by atoms with E-state index in [-0.39, 0.29) is 11.7 Å². The molecule has 1 unspecified atom stereocenters. The highest BCUT2D eigenvalue weighted by Gasteiger charge is 2.19. The smallest absolute Gasteiger partial charge is 0.287 e. The Labute approximate surface area is 128 Å². The Kier molecular flexibility index (Phi) is 5.19. The maximum absolute atomic E-state index is 12.2. The van der Waals surface area contributed by atoms with Gasteiger partial charge in [0.25, 0.3) is 5.91 Å². The highest BCUT2D eigenvalue weighted by molar-refractivity contribution is 6.00. The van der Waals surface area contributed by atoms with Gasteiger partial charge < -0.3 is 19.8 Å². The molecule has 0 aliphatic carbocycles. The van der Waals surface area contributed by atoms with Crippen LogP contribution in [0.25, 0.3) is 0 Å². The third-order valence-electron chi connectivity index (χ3n) is 2.93. The van der Waals surface area contributed by atoms with Crippen molar-refractivity contribution in [1.29, 1.82) is 0 Å². The zero-order chi connectivity index (χ0) is 15.9. The largest absolute Gasteiger partial charge is 0.492 e. The number of carbonyl (C=O) groups excluding carboxylic acids is 2. The number of para-hydroxylation sites is 2. The number of furan rings is 1. The summed E-state index contributed by atoms with van der Waals surface area (Å²) >= 11 is 0. The second-order valence-electron chi connectivity index (χ2n) is 4.59. The van der Waals surface area contributed by atoms with Gasteiger partial charge in [0.15, 0.2) is 5.76 Å². The molecule has 1 aromatic heterocycles. The van der Waals surface area contributed by atoms with E-state index in [1.165, 1.54) is 12.3 Å². The van der Waals surface area contributed by atoms with Crippen molar-refractivity contribution < 1.29 is 18.7 Å². The lowest BCUT2D eigenvalue weighted by atomic mass is 10.2. The van der Waals surface area contributed by atoms with Crippen LogP contribution in [0.15, 0.2) is 47.1 Å². The molecule has 2 aromatic rings. The van der Waals surface area contributed by atoms with Gasteiger partial charge in [0.05, 0.1) is 18.6 Å². The Morgan fingerprint density at radius 2 is 2.00 bits per heavy atom. The summed E-state index contributed by atoms with van der Waals surface area (Å²) in [6.45, 7) is 3.96. The highest BCUT2D eigenvalue weighted by atomic mass is 16.5. The summed E-state index contributed by atoms with van der Waals surface area (Å²) in [7, 11) is 0. The Balaban J connectivity index is 1.98. The zero-order valence-corrected chi connectivity index (χ0v) is 12.5. The van der Waals surface area contributed by atoms with E-state index >= 15 is 0 Å². The molecular formula is C16H18N2O4. The first-order valence-corrected chi connectivity index (χ1v) is 6.99. The van der Waals surface area contributed by atoms with Crippen molar-refractivity contribution in [2.45, 2.75) is 19.9 Å². The van der Waals surface area contributed by atoms with Gasteiger partial charge in [0.1, 0.15) is 11.8 Å². The maximum Gasteiger partial charge on any atom is 0.287 e. The summed E-state index contributed by atoms with van der Waals surface area (Å²) in [6, 6.07) is 9.55. The van der Waals surface area contributed by atoms with Crippen LogP contribution in [0.5, 0.6) is 5.75 Å². The molecule has 0 aliphatic heterocycles. The summed E-state index contributed by atoms with van der Waals surface area (Å²) in [4.78, 5) is 24.0. The van der Waals surface area contributed by atoms with Crippen LogP contribution in [0.3, 0.4) is 0 Å². The molecule has 0 saturated heterocycles. The molecule has 0 spiro atoms. The summed E-state index contributed by atoms with van der Waals surface area (Å²) in [5, 5.41) is 5.30. The van der Waals surface area contributed by atoms with Crippen molar-refractivity contribution >= 4 is 17.5 Å². The number of hydrogen-bond donors (Lipinski definition) is 2. The molecule has 1 atom stereocenters. The minimum atomic E-state index is -0.715. The third kappa shape index (κ3) is 3.88. The first-order valence-electron chi connectivity index (χ1n) is 6.99. The van der Waals surface area contributed by atoms with Gasteiger partial charge in [-0.2, -0.15) is 0 Å². The standard InChI is InChI=1S/C16H18N2O4/c1-3-21-13-8-5-4-7-12(13)18-15(19)11(2)17-16(20)14-9-6-10-22-14/h4-11H,3H2,1-2H3,(H,17,20)(H,18,19). The molecule has 0 fully saturated rings. The number of anilines is 1. The lowest BCUT2D eigenvalue weighted by molar-refractivity contribution is -0.117. The van der Waals surface area contributed by atoms with Gasteiger partial charge in [-0.05, 0) is 38.1 Å². The summed E-state index contributed by atoms with van der Waals surface area (Å²) in [5.74, 6) is -0.0323. The molecule has 2 rings (SSSR count). The van der Waals surface area contributed by atoms with E-state index in [4.69, 9.17) is 9.15 Å². The van der Waals surface area contributed by atoms with Crippen molar-refractivity contribution in [1.82, 2.24) is 5.32 Å².